The normalized spacial score (nSPS) is 15.0. The van der Waals surface area contributed by atoms with Crippen LogP contribution in [0.2, 0.25) is 0 Å². The van der Waals surface area contributed by atoms with Crippen molar-refractivity contribution >= 4 is 15.9 Å². The summed E-state index contributed by atoms with van der Waals surface area (Å²) in [5, 5.41) is 8.86. The van der Waals surface area contributed by atoms with Gasteiger partial charge in [0.25, 0.3) is 22.4 Å². The Labute approximate surface area is 152 Å². The van der Waals surface area contributed by atoms with Gasteiger partial charge < -0.3 is 4.74 Å². The molecule has 140 valence electrons. The van der Waals surface area contributed by atoms with Gasteiger partial charge in [0, 0.05) is 12.6 Å². The topological polar surface area (TPSA) is 87.5 Å². The van der Waals surface area contributed by atoms with E-state index in [1.165, 1.54) is 6.92 Å². The minimum absolute atomic E-state index is 0.107. The van der Waals surface area contributed by atoms with Crippen molar-refractivity contribution in [2.45, 2.75) is 18.2 Å². The first-order valence-corrected chi connectivity index (χ1v) is 9.05. The Balaban J connectivity index is 2.20. The first kappa shape index (κ1) is 18.7. The maximum Gasteiger partial charge on any atom is 0.269 e. The number of carbonyl (C=O) groups is 1. The first-order chi connectivity index (χ1) is 12.7. The van der Waals surface area contributed by atoms with Crippen molar-refractivity contribution in [3.63, 3.8) is 0 Å². The Morgan fingerprint density at radius 1 is 1.26 bits per heavy atom. The number of alkyl halides is 2. The molecule has 10 heteroatoms. The molecule has 0 aromatic heterocycles. The number of hydrogen-bond donors (Lipinski definition) is 0. The molecule has 1 amide bonds. The van der Waals surface area contributed by atoms with Crippen LogP contribution in [0.25, 0.3) is 0 Å². The second-order valence-electron chi connectivity index (χ2n) is 5.52. The van der Waals surface area contributed by atoms with Crippen molar-refractivity contribution in [2.75, 3.05) is 6.54 Å². The fourth-order valence-electron chi connectivity index (χ4n) is 2.80. The number of nitriles is 1. The summed E-state index contributed by atoms with van der Waals surface area (Å²) in [4.78, 5) is 11.4. The summed E-state index contributed by atoms with van der Waals surface area (Å²) >= 11 is 0. The molecule has 0 saturated heterocycles. The second kappa shape index (κ2) is 6.59. The highest BCUT2D eigenvalue weighted by atomic mass is 32.2. The van der Waals surface area contributed by atoms with E-state index in [0.29, 0.717) is 4.31 Å². The lowest BCUT2D eigenvalue weighted by Crippen LogP contribution is -2.29. The number of benzene rings is 2. The predicted octanol–water partition coefficient (Wildman–Crippen LogP) is 3.59. The van der Waals surface area contributed by atoms with Crippen LogP contribution in [0.5, 0.6) is 11.5 Å². The minimum Gasteiger partial charge on any atom is -0.457 e. The molecule has 2 aromatic rings. The zero-order valence-electron chi connectivity index (χ0n) is 13.7. The van der Waals surface area contributed by atoms with Gasteiger partial charge in [-0.05, 0) is 31.2 Å². The van der Waals surface area contributed by atoms with Crippen LogP contribution in [0, 0.1) is 17.1 Å². The van der Waals surface area contributed by atoms with Crippen molar-refractivity contribution in [3.05, 3.63) is 52.8 Å². The molecule has 0 radical (unpaired) electrons. The van der Waals surface area contributed by atoms with Crippen molar-refractivity contribution in [3.8, 4) is 17.6 Å². The van der Waals surface area contributed by atoms with Crippen LogP contribution in [-0.4, -0.2) is 25.2 Å². The highest BCUT2D eigenvalue weighted by molar-refractivity contribution is 7.90. The van der Waals surface area contributed by atoms with Crippen LogP contribution in [-0.2, 0) is 10.0 Å². The summed E-state index contributed by atoms with van der Waals surface area (Å²) < 4.78 is 71.8. The third-order valence-corrected chi connectivity index (χ3v) is 5.85. The van der Waals surface area contributed by atoms with E-state index in [-0.39, 0.29) is 23.4 Å². The molecule has 2 aromatic carbocycles. The molecule has 0 saturated carbocycles. The maximum absolute atomic E-state index is 13.7. The van der Waals surface area contributed by atoms with Crippen molar-refractivity contribution in [1.29, 1.82) is 5.26 Å². The molecule has 1 aliphatic heterocycles. The molecule has 0 atom stereocenters. The number of carbonyl (C=O) groups excluding carboxylic acids is 1. The number of nitrogens with zero attached hydrogens (tertiary/aromatic N) is 2. The molecule has 1 heterocycles. The number of sulfonamides is 1. The number of halogens is 3. The molecule has 1 aliphatic rings. The average Bonchev–Trinajstić information content (AvgIpc) is 2.79. The van der Waals surface area contributed by atoms with Crippen LogP contribution in [0.3, 0.4) is 0 Å². The zero-order valence-corrected chi connectivity index (χ0v) is 14.6. The van der Waals surface area contributed by atoms with Crippen LogP contribution in [0.1, 0.15) is 34.8 Å². The fourth-order valence-corrected chi connectivity index (χ4v) is 4.58. The van der Waals surface area contributed by atoms with Gasteiger partial charge in [0.1, 0.15) is 22.2 Å². The van der Waals surface area contributed by atoms with Crippen LogP contribution in [0.15, 0.2) is 35.2 Å². The third kappa shape index (κ3) is 3.00. The monoisotopic (exact) mass is 396 g/mol. The number of ether oxygens (including phenoxy) is 1. The standard InChI is InChI=1S/C17H11F3N2O4S/c1-2-22-17(23)12-3-4-13(14(16(19)20)15(12)27(22,24)25)26-11-6-9(8-21)5-10(18)7-11/h3-7,16H,2H2,1H3. The smallest absolute Gasteiger partial charge is 0.269 e. The molecular weight excluding hydrogens is 385 g/mol. The summed E-state index contributed by atoms with van der Waals surface area (Å²) in [7, 11) is -4.46. The van der Waals surface area contributed by atoms with E-state index in [2.05, 4.69) is 0 Å². The van der Waals surface area contributed by atoms with Gasteiger partial charge in [-0.25, -0.2) is 25.9 Å². The van der Waals surface area contributed by atoms with Gasteiger partial charge in [-0.1, -0.05) is 0 Å². The molecule has 3 rings (SSSR count). The summed E-state index contributed by atoms with van der Waals surface area (Å²) in [5.41, 5.74) is -1.47. The van der Waals surface area contributed by atoms with E-state index in [0.717, 1.165) is 30.3 Å². The maximum atomic E-state index is 13.7. The molecule has 0 spiro atoms. The van der Waals surface area contributed by atoms with Gasteiger partial charge in [0.05, 0.1) is 22.8 Å². The van der Waals surface area contributed by atoms with Crippen molar-refractivity contribution < 1.29 is 31.1 Å². The van der Waals surface area contributed by atoms with Gasteiger partial charge >= 0.3 is 0 Å². The van der Waals surface area contributed by atoms with Gasteiger partial charge in [0.2, 0.25) is 0 Å². The van der Waals surface area contributed by atoms with E-state index in [1.54, 1.807) is 6.07 Å². The van der Waals surface area contributed by atoms with Gasteiger partial charge in [0.15, 0.2) is 0 Å². The van der Waals surface area contributed by atoms with Crippen LogP contribution >= 0.6 is 0 Å². The second-order valence-corrected chi connectivity index (χ2v) is 7.32. The Kier molecular flexibility index (Phi) is 4.57. The Morgan fingerprint density at radius 3 is 2.56 bits per heavy atom. The van der Waals surface area contributed by atoms with Gasteiger partial charge in [-0.15, -0.1) is 0 Å². The highest BCUT2D eigenvalue weighted by Crippen LogP contribution is 2.43. The molecule has 0 fully saturated rings. The number of hydrogen-bond acceptors (Lipinski definition) is 5. The Hall–Kier alpha value is -3.06. The molecule has 27 heavy (non-hydrogen) atoms. The van der Waals surface area contributed by atoms with E-state index < -0.39 is 44.4 Å². The average molecular weight is 396 g/mol. The molecule has 0 N–H and O–H groups in total. The molecule has 0 bridgehead atoms. The molecule has 6 nitrogen and oxygen atoms in total. The summed E-state index contributed by atoms with van der Waals surface area (Å²) in [5.74, 6) is -2.54. The number of fused-ring (bicyclic) bond motifs is 1. The van der Waals surface area contributed by atoms with Crippen LogP contribution < -0.4 is 4.74 Å². The predicted molar refractivity (Wildman–Crippen MR) is 86.5 cm³/mol. The van der Waals surface area contributed by atoms with Gasteiger partial charge in [-0.2, -0.15) is 5.26 Å². The fraction of sp³-hybridized carbons (Fsp3) is 0.176. The summed E-state index contributed by atoms with van der Waals surface area (Å²) in [6, 6.07) is 6.67. The lowest BCUT2D eigenvalue weighted by Gasteiger charge is -2.15. The van der Waals surface area contributed by atoms with E-state index in [9.17, 15) is 26.4 Å². The van der Waals surface area contributed by atoms with Gasteiger partial charge in [-0.3, -0.25) is 4.79 Å². The van der Waals surface area contributed by atoms with E-state index in [1.807, 2.05) is 0 Å². The lowest BCUT2D eigenvalue weighted by atomic mass is 10.1. The largest absolute Gasteiger partial charge is 0.457 e. The molecule has 0 unspecified atom stereocenters. The molecular formula is C17H11F3N2O4S. The third-order valence-electron chi connectivity index (χ3n) is 3.89. The zero-order chi connectivity index (χ0) is 19.9. The number of rotatable bonds is 4. The van der Waals surface area contributed by atoms with Crippen molar-refractivity contribution in [1.82, 2.24) is 4.31 Å². The quantitative estimate of drug-likeness (QED) is 0.788. The summed E-state index contributed by atoms with van der Waals surface area (Å²) in [6.07, 6.45) is -3.28. The summed E-state index contributed by atoms with van der Waals surface area (Å²) in [6.45, 7) is 1.18. The first-order valence-electron chi connectivity index (χ1n) is 7.61. The highest BCUT2D eigenvalue weighted by Gasteiger charge is 2.45. The lowest BCUT2D eigenvalue weighted by molar-refractivity contribution is 0.0875. The minimum atomic E-state index is -4.46. The SMILES string of the molecule is CCN1C(=O)c2ccc(Oc3cc(F)cc(C#N)c3)c(C(F)F)c2S1(=O)=O. The van der Waals surface area contributed by atoms with E-state index in [4.69, 9.17) is 10.00 Å². The van der Waals surface area contributed by atoms with Crippen LogP contribution in [0.4, 0.5) is 13.2 Å². The Morgan fingerprint density at radius 2 is 1.96 bits per heavy atom. The molecule has 0 aliphatic carbocycles. The number of amides is 1. The van der Waals surface area contributed by atoms with E-state index >= 15 is 0 Å². The van der Waals surface area contributed by atoms with Crippen molar-refractivity contribution in [2.24, 2.45) is 0 Å². The Bertz CT molecular complexity index is 1090.